The fourth-order valence-electron chi connectivity index (χ4n) is 4.97. The van der Waals surface area contributed by atoms with Crippen molar-refractivity contribution >= 4 is 34.7 Å². The summed E-state index contributed by atoms with van der Waals surface area (Å²) in [4.78, 5) is 53.3. The van der Waals surface area contributed by atoms with E-state index in [1.165, 1.54) is 6.08 Å². The zero-order valence-electron chi connectivity index (χ0n) is 22.9. The second-order valence-corrected chi connectivity index (χ2v) is 12.4. The van der Waals surface area contributed by atoms with Crippen LogP contribution in [0, 0.1) is 0 Å². The quantitative estimate of drug-likeness (QED) is 0.307. The van der Waals surface area contributed by atoms with Crippen molar-refractivity contribution < 1.29 is 32.9 Å². The number of rotatable bonds is 6. The van der Waals surface area contributed by atoms with E-state index in [1.54, 1.807) is 20.8 Å². The molecule has 3 amide bonds. The number of carbonyl (C=O) groups excluding carboxylic acids is 4. The highest BCUT2D eigenvalue weighted by Gasteiger charge is 2.57. The molecule has 10 nitrogen and oxygen atoms in total. The Hall–Kier alpha value is -4.25. The van der Waals surface area contributed by atoms with Crippen molar-refractivity contribution in [1.82, 2.24) is 15.5 Å². The Morgan fingerprint density at radius 1 is 1.05 bits per heavy atom. The predicted molar refractivity (Wildman–Crippen MR) is 150 cm³/mol. The Bertz CT molecular complexity index is 1420. The first-order valence-electron chi connectivity index (χ1n) is 13.3. The van der Waals surface area contributed by atoms with Crippen LogP contribution in [0.3, 0.4) is 0 Å². The first kappa shape index (κ1) is 28.3. The lowest BCUT2D eigenvalue weighted by atomic mass is 10.00. The van der Waals surface area contributed by atoms with Crippen molar-refractivity contribution in [3.8, 4) is 0 Å². The maximum absolute atomic E-state index is 14.0. The number of allylic oxidation sites excluding steroid dienone is 1. The monoisotopic (exact) mass is 577 g/mol. The molecule has 3 aliphatic heterocycles. The van der Waals surface area contributed by atoms with Crippen LogP contribution in [-0.4, -0.2) is 62.3 Å². The van der Waals surface area contributed by atoms with Crippen LogP contribution in [0.2, 0.25) is 0 Å². The van der Waals surface area contributed by atoms with Gasteiger partial charge < -0.3 is 20.1 Å². The number of ether oxygens (including phenoxy) is 2. The molecule has 0 aliphatic carbocycles. The molecule has 5 rings (SSSR count). The van der Waals surface area contributed by atoms with Crippen molar-refractivity contribution in [3.05, 3.63) is 94.7 Å². The van der Waals surface area contributed by atoms with Crippen molar-refractivity contribution in [2.24, 2.45) is 0 Å². The molecule has 2 aromatic carbocycles. The van der Waals surface area contributed by atoms with Gasteiger partial charge in [-0.2, -0.15) is 0 Å². The average molecular weight is 578 g/mol. The van der Waals surface area contributed by atoms with Gasteiger partial charge in [-0.1, -0.05) is 60.7 Å². The molecule has 3 atom stereocenters. The molecule has 2 fully saturated rings. The third kappa shape index (κ3) is 5.95. The summed E-state index contributed by atoms with van der Waals surface area (Å²) in [5.74, 6) is -1.82. The molecule has 0 spiro atoms. The summed E-state index contributed by atoms with van der Waals surface area (Å²) in [5.41, 5.74) is 1.23. The number of fused-ring (bicyclic) bond motifs is 1. The topological polar surface area (TPSA) is 131 Å². The molecule has 2 N–H and O–H groups in total. The van der Waals surface area contributed by atoms with Gasteiger partial charge in [0, 0.05) is 12.1 Å². The number of β-lactam (4-membered cyclic amide) rings is 1. The van der Waals surface area contributed by atoms with E-state index in [4.69, 9.17) is 9.47 Å². The lowest BCUT2D eigenvalue weighted by Gasteiger charge is -2.49. The van der Waals surface area contributed by atoms with Crippen LogP contribution in [0.15, 0.2) is 83.6 Å². The summed E-state index contributed by atoms with van der Waals surface area (Å²) in [6.07, 6.45) is 0.326. The van der Waals surface area contributed by atoms with Crippen LogP contribution in [0.5, 0.6) is 0 Å². The fraction of sp³-hybridized carbons (Fsp3) is 0.333. The lowest BCUT2D eigenvalue weighted by Crippen LogP contribution is -2.73. The second-order valence-electron chi connectivity index (χ2n) is 10.9. The number of alkyl carbamates (subject to hydrolysis) is 1. The molecule has 11 heteroatoms. The Morgan fingerprint density at radius 3 is 2.20 bits per heavy atom. The first-order valence-corrected chi connectivity index (χ1v) is 14.6. The van der Waals surface area contributed by atoms with Gasteiger partial charge in [0.15, 0.2) is 6.10 Å². The SMILES string of the molecule is CC(C)(C)OC(=O)N[C@@H]1C(=O)N2C(C(=O)OC(c3ccccc3)c3ccccc3)=C(/C=C3\CCNC3=O)CS(=O)[C@H]12. The van der Waals surface area contributed by atoms with Crippen LogP contribution in [0.1, 0.15) is 44.4 Å². The number of hydrogen-bond acceptors (Lipinski definition) is 7. The van der Waals surface area contributed by atoms with E-state index in [-0.39, 0.29) is 22.9 Å². The van der Waals surface area contributed by atoms with Gasteiger partial charge in [0.25, 0.3) is 5.91 Å². The Labute approximate surface area is 240 Å². The summed E-state index contributed by atoms with van der Waals surface area (Å²) >= 11 is 0. The second kappa shape index (κ2) is 11.3. The van der Waals surface area contributed by atoms with Crippen molar-refractivity contribution in [2.45, 2.75) is 50.3 Å². The molecule has 2 aromatic rings. The highest BCUT2D eigenvalue weighted by molar-refractivity contribution is 7.86. The van der Waals surface area contributed by atoms with Crippen molar-refractivity contribution in [2.75, 3.05) is 12.3 Å². The van der Waals surface area contributed by atoms with E-state index in [1.807, 2.05) is 60.7 Å². The summed E-state index contributed by atoms with van der Waals surface area (Å²) in [7, 11) is -1.69. The number of nitrogens with one attached hydrogen (secondary N) is 2. The van der Waals surface area contributed by atoms with E-state index in [0.717, 1.165) is 16.0 Å². The number of benzene rings is 2. The molecule has 2 saturated heterocycles. The summed E-state index contributed by atoms with van der Waals surface area (Å²) in [6, 6.07) is 17.2. The number of hydrogen-bond donors (Lipinski definition) is 2. The summed E-state index contributed by atoms with van der Waals surface area (Å²) in [6.45, 7) is 5.50. The zero-order chi connectivity index (χ0) is 29.3. The van der Waals surface area contributed by atoms with Crippen LogP contribution >= 0.6 is 0 Å². The predicted octanol–water partition coefficient (Wildman–Crippen LogP) is 2.84. The van der Waals surface area contributed by atoms with E-state index in [0.29, 0.717) is 18.5 Å². The van der Waals surface area contributed by atoms with E-state index in [9.17, 15) is 23.4 Å². The van der Waals surface area contributed by atoms with Gasteiger partial charge in [-0.3, -0.25) is 18.7 Å². The van der Waals surface area contributed by atoms with E-state index >= 15 is 0 Å². The van der Waals surface area contributed by atoms with Crippen LogP contribution in [-0.2, 0) is 34.7 Å². The molecule has 1 unspecified atom stereocenters. The lowest BCUT2D eigenvalue weighted by molar-refractivity contribution is -0.153. The standard InChI is InChI=1S/C30H31N3O7S/c1-30(2,3)40-29(37)32-22-26(35)33-23(21(17-41(38)27(22)33)16-20-14-15-31-25(20)34)28(36)39-24(18-10-6-4-7-11-18)19-12-8-5-9-13-19/h4-13,16,22,24,27H,14-15,17H2,1-3H3,(H,31,34)(H,32,37)/b20-16+/t22-,27-,41?/m1/s1. The molecule has 0 saturated carbocycles. The minimum Gasteiger partial charge on any atom is -0.448 e. The van der Waals surface area contributed by atoms with E-state index < -0.39 is 51.9 Å². The van der Waals surface area contributed by atoms with Crippen LogP contribution in [0.25, 0.3) is 0 Å². The summed E-state index contributed by atoms with van der Waals surface area (Å²) in [5, 5.41) is 4.22. The van der Waals surface area contributed by atoms with Crippen LogP contribution < -0.4 is 10.6 Å². The number of nitrogens with zero attached hydrogens (tertiary/aromatic N) is 1. The largest absolute Gasteiger partial charge is 0.448 e. The number of amides is 3. The normalized spacial score (nSPS) is 23.2. The third-order valence-electron chi connectivity index (χ3n) is 6.77. The van der Waals surface area contributed by atoms with Gasteiger partial charge >= 0.3 is 12.1 Å². The Morgan fingerprint density at radius 2 is 1.66 bits per heavy atom. The zero-order valence-corrected chi connectivity index (χ0v) is 23.7. The number of esters is 1. The van der Waals surface area contributed by atoms with Gasteiger partial charge in [-0.05, 0) is 50.0 Å². The maximum atomic E-state index is 14.0. The van der Waals surface area contributed by atoms with E-state index in [2.05, 4.69) is 10.6 Å². The Balaban J connectivity index is 1.51. The first-order chi connectivity index (χ1) is 19.5. The molecule has 214 valence electrons. The van der Waals surface area contributed by atoms with Gasteiger partial charge in [-0.15, -0.1) is 0 Å². The molecule has 3 heterocycles. The minimum absolute atomic E-state index is 0.0918. The van der Waals surface area contributed by atoms with Crippen LogP contribution in [0.4, 0.5) is 4.79 Å². The minimum atomic E-state index is -1.69. The van der Waals surface area contributed by atoms with Gasteiger partial charge in [-0.25, -0.2) is 9.59 Å². The highest BCUT2D eigenvalue weighted by atomic mass is 32.2. The van der Waals surface area contributed by atoms with Crippen molar-refractivity contribution in [3.63, 3.8) is 0 Å². The molecular weight excluding hydrogens is 546 g/mol. The molecule has 0 bridgehead atoms. The fourth-order valence-corrected chi connectivity index (χ4v) is 6.60. The van der Waals surface area contributed by atoms with Gasteiger partial charge in [0.1, 0.15) is 22.7 Å². The molecule has 41 heavy (non-hydrogen) atoms. The average Bonchev–Trinajstić information content (AvgIpc) is 3.34. The summed E-state index contributed by atoms with van der Waals surface area (Å²) < 4.78 is 24.7. The smallest absolute Gasteiger partial charge is 0.408 e. The highest BCUT2D eigenvalue weighted by Crippen LogP contribution is 2.38. The number of carbonyl (C=O) groups is 4. The third-order valence-corrected chi connectivity index (χ3v) is 8.39. The van der Waals surface area contributed by atoms with Gasteiger partial charge in [0.05, 0.1) is 16.6 Å². The molecule has 0 aromatic heterocycles. The molecule has 3 aliphatic rings. The Kier molecular flexibility index (Phi) is 7.81. The maximum Gasteiger partial charge on any atom is 0.408 e. The molecule has 0 radical (unpaired) electrons. The molecular formula is C30H31N3O7S. The van der Waals surface area contributed by atoms with Gasteiger partial charge in [0.2, 0.25) is 5.91 Å². The van der Waals surface area contributed by atoms with Crippen molar-refractivity contribution in [1.29, 1.82) is 0 Å².